The minimum atomic E-state index is 0.514. The van der Waals surface area contributed by atoms with E-state index in [9.17, 15) is 0 Å². The van der Waals surface area contributed by atoms with Crippen molar-refractivity contribution in [3.63, 3.8) is 0 Å². The summed E-state index contributed by atoms with van der Waals surface area (Å²) in [4.78, 5) is 5.52. The molecule has 1 aromatic heterocycles. The average Bonchev–Trinajstić information content (AvgIpc) is 3.04. The van der Waals surface area contributed by atoms with Gasteiger partial charge in [-0.05, 0) is 56.4 Å². The predicted octanol–water partition coefficient (Wildman–Crippen LogP) is 4.34. The number of methoxy groups -OCH3 is 1. The van der Waals surface area contributed by atoms with E-state index in [0.29, 0.717) is 5.92 Å². The molecule has 1 atom stereocenters. The molecule has 0 radical (unpaired) electrons. The van der Waals surface area contributed by atoms with Crippen LogP contribution in [-0.4, -0.2) is 24.5 Å². The lowest BCUT2D eigenvalue weighted by atomic mass is 9.96. The Labute approximate surface area is 146 Å². The van der Waals surface area contributed by atoms with Gasteiger partial charge in [0, 0.05) is 23.7 Å². The fourth-order valence-electron chi connectivity index (χ4n) is 2.73. The Kier molecular flexibility index (Phi) is 5.64. The fourth-order valence-corrected chi connectivity index (χ4v) is 3.63. The Hall–Kier alpha value is -2.14. The molecule has 0 saturated heterocycles. The van der Waals surface area contributed by atoms with Gasteiger partial charge in [-0.3, -0.25) is 4.99 Å². The van der Waals surface area contributed by atoms with Crippen molar-refractivity contribution in [2.24, 2.45) is 16.0 Å². The molecule has 0 aliphatic heterocycles. The van der Waals surface area contributed by atoms with Crippen molar-refractivity contribution in [3.05, 3.63) is 46.6 Å². The highest BCUT2D eigenvalue weighted by molar-refractivity contribution is 7.07. The van der Waals surface area contributed by atoms with Crippen LogP contribution in [0.4, 0.5) is 0 Å². The minimum Gasteiger partial charge on any atom is -0.497 e. The van der Waals surface area contributed by atoms with Gasteiger partial charge in [0.05, 0.1) is 12.8 Å². The molecular formula is C19H23N3OS. The van der Waals surface area contributed by atoms with E-state index >= 15 is 0 Å². The van der Waals surface area contributed by atoms with Gasteiger partial charge in [-0.15, -0.1) is 11.3 Å². The highest BCUT2D eigenvalue weighted by atomic mass is 32.1. The van der Waals surface area contributed by atoms with Crippen molar-refractivity contribution in [2.45, 2.75) is 26.2 Å². The van der Waals surface area contributed by atoms with E-state index in [-0.39, 0.29) is 0 Å². The minimum absolute atomic E-state index is 0.514. The van der Waals surface area contributed by atoms with Crippen LogP contribution in [0.25, 0.3) is 11.3 Å². The van der Waals surface area contributed by atoms with E-state index in [2.05, 4.69) is 40.9 Å². The van der Waals surface area contributed by atoms with Crippen LogP contribution in [0.2, 0.25) is 0 Å². The monoisotopic (exact) mass is 341 g/mol. The lowest BCUT2D eigenvalue weighted by molar-refractivity contribution is 0.415. The molecule has 1 heterocycles. The molecule has 1 unspecified atom stereocenters. The number of benzene rings is 1. The van der Waals surface area contributed by atoms with Crippen LogP contribution in [0.3, 0.4) is 0 Å². The summed E-state index contributed by atoms with van der Waals surface area (Å²) in [5.41, 5.74) is 2.18. The van der Waals surface area contributed by atoms with Gasteiger partial charge >= 0.3 is 0 Å². The molecule has 4 nitrogen and oxygen atoms in total. The van der Waals surface area contributed by atoms with Crippen molar-refractivity contribution in [2.75, 3.05) is 13.7 Å². The molecule has 3 rings (SSSR count). The molecule has 2 aromatic rings. The van der Waals surface area contributed by atoms with E-state index in [1.54, 1.807) is 18.4 Å². The zero-order valence-electron chi connectivity index (χ0n) is 14.2. The molecule has 0 fully saturated rings. The van der Waals surface area contributed by atoms with Crippen LogP contribution < -0.4 is 9.54 Å². The zero-order valence-corrected chi connectivity index (χ0v) is 15.0. The molecule has 1 aliphatic rings. The second-order valence-electron chi connectivity index (χ2n) is 5.73. The van der Waals surface area contributed by atoms with Gasteiger partial charge in [-0.2, -0.15) is 5.10 Å². The van der Waals surface area contributed by atoms with Crippen molar-refractivity contribution in [1.82, 2.24) is 4.68 Å². The fraction of sp³-hybridized carbons (Fsp3) is 0.368. The summed E-state index contributed by atoms with van der Waals surface area (Å²) < 4.78 is 7.21. The number of rotatable bonds is 5. The average molecular weight is 341 g/mol. The predicted molar refractivity (Wildman–Crippen MR) is 101 cm³/mol. The molecule has 5 heteroatoms. The molecule has 1 aromatic carbocycles. The Balaban J connectivity index is 1.95. The molecule has 0 bridgehead atoms. The topological polar surface area (TPSA) is 38.9 Å². The van der Waals surface area contributed by atoms with Gasteiger partial charge in [-0.1, -0.05) is 12.2 Å². The summed E-state index contributed by atoms with van der Waals surface area (Å²) in [5.74, 6) is 1.37. The van der Waals surface area contributed by atoms with Crippen LogP contribution in [0, 0.1) is 5.92 Å². The molecule has 0 spiro atoms. The summed E-state index contributed by atoms with van der Waals surface area (Å²) in [6.45, 7) is 2.80. The maximum Gasteiger partial charge on any atom is 0.206 e. The third-order valence-corrected chi connectivity index (χ3v) is 4.92. The summed E-state index contributed by atoms with van der Waals surface area (Å²) in [6, 6.07) is 8.07. The smallest absolute Gasteiger partial charge is 0.206 e. The Morgan fingerprint density at radius 3 is 2.79 bits per heavy atom. The van der Waals surface area contributed by atoms with E-state index in [1.807, 2.05) is 23.7 Å². The third-order valence-electron chi connectivity index (χ3n) is 4.07. The number of nitrogens with zero attached hydrogens (tertiary/aromatic N) is 3. The van der Waals surface area contributed by atoms with Gasteiger partial charge in [0.15, 0.2) is 0 Å². The second kappa shape index (κ2) is 8.11. The maximum atomic E-state index is 5.25. The lowest BCUT2D eigenvalue weighted by Crippen LogP contribution is -2.14. The van der Waals surface area contributed by atoms with Gasteiger partial charge in [0.2, 0.25) is 4.80 Å². The Morgan fingerprint density at radius 1 is 1.29 bits per heavy atom. The van der Waals surface area contributed by atoms with Crippen LogP contribution in [-0.2, 0) is 0 Å². The summed E-state index contributed by atoms with van der Waals surface area (Å²) >= 11 is 1.63. The largest absolute Gasteiger partial charge is 0.497 e. The van der Waals surface area contributed by atoms with Gasteiger partial charge < -0.3 is 4.74 Å². The van der Waals surface area contributed by atoms with Crippen LogP contribution in [0.5, 0.6) is 5.75 Å². The first-order valence-corrected chi connectivity index (χ1v) is 9.24. The highest BCUT2D eigenvalue weighted by Gasteiger charge is 2.10. The van der Waals surface area contributed by atoms with E-state index in [4.69, 9.17) is 9.84 Å². The Morgan fingerprint density at radius 2 is 2.12 bits per heavy atom. The van der Waals surface area contributed by atoms with Crippen molar-refractivity contribution in [1.29, 1.82) is 0 Å². The normalized spacial score (nSPS) is 18.4. The number of hydrogen-bond donors (Lipinski definition) is 0. The molecule has 126 valence electrons. The highest BCUT2D eigenvalue weighted by Crippen LogP contribution is 2.23. The number of aromatic nitrogens is 1. The first-order valence-electron chi connectivity index (χ1n) is 8.36. The van der Waals surface area contributed by atoms with Gasteiger partial charge in [-0.25, -0.2) is 4.68 Å². The number of thiazole rings is 1. The third kappa shape index (κ3) is 3.85. The summed E-state index contributed by atoms with van der Waals surface area (Å²) in [5, 5.41) is 6.89. The SMILES string of the molecule is CCN=c1scc(-c2ccc(OC)cc2)n1N=CC1CC=CCC1. The first kappa shape index (κ1) is 16.7. The van der Waals surface area contributed by atoms with Gasteiger partial charge in [0.25, 0.3) is 0 Å². The standard InChI is InChI=1S/C19H23N3OS/c1-3-20-19-22(21-13-15-7-5-4-6-8-15)18(14-24-19)16-9-11-17(23-2)12-10-16/h4-5,9-15H,3,6-8H2,1-2H3. The van der Waals surface area contributed by atoms with Gasteiger partial charge in [0.1, 0.15) is 5.75 Å². The molecule has 0 saturated carbocycles. The molecule has 0 N–H and O–H groups in total. The van der Waals surface area contributed by atoms with Crippen molar-refractivity contribution in [3.8, 4) is 17.0 Å². The van der Waals surface area contributed by atoms with Crippen LogP contribution in [0.1, 0.15) is 26.2 Å². The number of ether oxygens (including phenoxy) is 1. The summed E-state index contributed by atoms with van der Waals surface area (Å²) in [6.07, 6.45) is 9.97. The van der Waals surface area contributed by atoms with Crippen LogP contribution >= 0.6 is 11.3 Å². The molecule has 0 amide bonds. The van der Waals surface area contributed by atoms with Crippen LogP contribution in [0.15, 0.2) is 51.9 Å². The second-order valence-corrected chi connectivity index (χ2v) is 6.56. The lowest BCUT2D eigenvalue weighted by Gasteiger charge is -2.12. The zero-order chi connectivity index (χ0) is 16.8. The first-order chi connectivity index (χ1) is 11.8. The van der Waals surface area contributed by atoms with Crippen molar-refractivity contribution < 1.29 is 4.74 Å². The quantitative estimate of drug-likeness (QED) is 0.589. The summed E-state index contributed by atoms with van der Waals surface area (Å²) in [7, 11) is 1.68. The van der Waals surface area contributed by atoms with Crippen molar-refractivity contribution >= 4 is 17.6 Å². The number of hydrogen-bond acceptors (Lipinski definition) is 4. The maximum absolute atomic E-state index is 5.25. The molecule has 1 aliphatic carbocycles. The Bertz CT molecular complexity index is 784. The van der Waals surface area contributed by atoms with E-state index in [0.717, 1.165) is 41.2 Å². The van der Waals surface area contributed by atoms with E-state index < -0.39 is 0 Å². The molecule has 24 heavy (non-hydrogen) atoms. The molecular weight excluding hydrogens is 318 g/mol. The van der Waals surface area contributed by atoms with E-state index in [1.165, 1.54) is 6.42 Å². The number of allylic oxidation sites excluding steroid dienone is 2.